The summed E-state index contributed by atoms with van der Waals surface area (Å²) in [5.74, 6) is -1.02. The van der Waals surface area contributed by atoms with Crippen molar-refractivity contribution in [3.8, 4) is 11.1 Å². The van der Waals surface area contributed by atoms with Crippen molar-refractivity contribution in [1.82, 2.24) is 4.98 Å². The van der Waals surface area contributed by atoms with E-state index >= 15 is 0 Å². The van der Waals surface area contributed by atoms with Gasteiger partial charge in [0.1, 0.15) is 5.54 Å². The number of hydrogen-bond donors (Lipinski definition) is 3. The number of alkyl halides is 1. The summed E-state index contributed by atoms with van der Waals surface area (Å²) in [7, 11) is 0. The lowest BCUT2D eigenvalue weighted by atomic mass is 9.83. The number of oxime groups is 1. The van der Waals surface area contributed by atoms with Crippen molar-refractivity contribution in [3.05, 3.63) is 83.2 Å². The van der Waals surface area contributed by atoms with Crippen molar-refractivity contribution in [2.24, 2.45) is 5.16 Å². The Balaban J connectivity index is 2.01. The molecule has 0 aliphatic carbocycles. The lowest BCUT2D eigenvalue weighted by molar-refractivity contribution is -0.140. The van der Waals surface area contributed by atoms with Gasteiger partial charge in [0.2, 0.25) is 0 Å². The minimum Gasteiger partial charge on any atom is -0.479 e. The molecule has 1 heterocycles. The zero-order chi connectivity index (χ0) is 24.0. The Labute approximate surface area is 199 Å². The van der Waals surface area contributed by atoms with Gasteiger partial charge < -0.3 is 15.6 Å². The van der Waals surface area contributed by atoms with Gasteiger partial charge in [0.05, 0.1) is 12.1 Å². The van der Waals surface area contributed by atoms with Crippen LogP contribution < -0.4 is 5.32 Å². The van der Waals surface area contributed by atoms with Crippen molar-refractivity contribution >= 4 is 29.5 Å². The molecular weight excluding hydrogens is 438 g/mol. The lowest BCUT2D eigenvalue weighted by Gasteiger charge is -2.25. The fourth-order valence-corrected chi connectivity index (χ4v) is 4.13. The molecule has 0 amide bonds. The monoisotopic (exact) mass is 465 g/mol. The molecule has 6 nitrogen and oxygen atoms in total. The molecule has 0 fully saturated rings. The Morgan fingerprint density at radius 1 is 1.24 bits per heavy atom. The predicted octanol–water partition coefficient (Wildman–Crippen LogP) is 5.90. The molecule has 1 unspecified atom stereocenters. The number of aromatic nitrogens is 1. The molecular formula is C26H28ClN3O3. The number of benzene rings is 2. The quantitative estimate of drug-likeness (QED) is 0.158. The largest absolute Gasteiger partial charge is 0.479 e. The number of anilines is 1. The van der Waals surface area contributed by atoms with E-state index in [1.54, 1.807) is 13.1 Å². The highest BCUT2D eigenvalue weighted by atomic mass is 35.5. The van der Waals surface area contributed by atoms with Gasteiger partial charge in [-0.05, 0) is 66.8 Å². The van der Waals surface area contributed by atoms with Crippen LogP contribution in [0.2, 0.25) is 0 Å². The first kappa shape index (κ1) is 24.3. The SMILES string of the molecule is CC[C@H](c1ccc(NC(C)(CCl)C(=O)O)cc1)c1cccc(-c2ccnc(C)c2)c1/C=N/O. The molecule has 0 radical (unpaired) electrons. The third-order valence-corrected chi connectivity index (χ3v) is 6.33. The summed E-state index contributed by atoms with van der Waals surface area (Å²) in [6.07, 6.45) is 4.08. The van der Waals surface area contributed by atoms with E-state index in [-0.39, 0.29) is 11.8 Å². The van der Waals surface area contributed by atoms with E-state index in [1.807, 2.05) is 61.5 Å². The zero-order valence-electron chi connectivity index (χ0n) is 18.9. The van der Waals surface area contributed by atoms with Crippen LogP contribution in [0.1, 0.15) is 48.6 Å². The number of nitrogens with zero attached hydrogens (tertiary/aromatic N) is 2. The van der Waals surface area contributed by atoms with Gasteiger partial charge in [-0.1, -0.05) is 42.4 Å². The smallest absolute Gasteiger partial charge is 0.330 e. The highest BCUT2D eigenvalue weighted by Crippen LogP contribution is 2.35. The van der Waals surface area contributed by atoms with Crippen LogP contribution in [0.5, 0.6) is 0 Å². The molecule has 7 heteroatoms. The fourth-order valence-electron chi connectivity index (χ4n) is 3.95. The molecule has 2 aromatic carbocycles. The van der Waals surface area contributed by atoms with Crippen molar-refractivity contribution in [3.63, 3.8) is 0 Å². The summed E-state index contributed by atoms with van der Waals surface area (Å²) in [6.45, 7) is 5.60. The normalized spacial score (nSPS) is 14.1. The van der Waals surface area contributed by atoms with Gasteiger partial charge in [-0.3, -0.25) is 4.98 Å². The summed E-state index contributed by atoms with van der Waals surface area (Å²) in [5.41, 5.74) is 5.26. The Morgan fingerprint density at radius 3 is 2.55 bits per heavy atom. The van der Waals surface area contributed by atoms with Gasteiger partial charge in [-0.25, -0.2) is 4.79 Å². The maximum absolute atomic E-state index is 11.5. The molecule has 2 atom stereocenters. The van der Waals surface area contributed by atoms with E-state index in [0.29, 0.717) is 5.69 Å². The van der Waals surface area contributed by atoms with E-state index in [4.69, 9.17) is 11.6 Å². The molecule has 3 N–H and O–H groups in total. The molecule has 0 aliphatic rings. The molecule has 0 saturated heterocycles. The van der Waals surface area contributed by atoms with Gasteiger partial charge in [-0.2, -0.15) is 0 Å². The van der Waals surface area contributed by atoms with Crippen LogP contribution in [0.15, 0.2) is 65.9 Å². The van der Waals surface area contributed by atoms with Gasteiger partial charge in [0, 0.05) is 29.1 Å². The third kappa shape index (κ3) is 5.34. The van der Waals surface area contributed by atoms with Crippen LogP contribution in [0, 0.1) is 6.92 Å². The molecule has 0 aliphatic heterocycles. The number of pyridine rings is 1. The van der Waals surface area contributed by atoms with Crippen molar-refractivity contribution in [2.45, 2.75) is 38.6 Å². The number of aryl methyl sites for hydroxylation is 1. The van der Waals surface area contributed by atoms with Gasteiger partial charge in [0.25, 0.3) is 0 Å². The molecule has 0 bridgehead atoms. The molecule has 3 aromatic rings. The Bertz CT molecular complexity index is 1150. The van der Waals surface area contributed by atoms with Crippen LogP contribution >= 0.6 is 11.6 Å². The van der Waals surface area contributed by atoms with Crippen LogP contribution in [0.25, 0.3) is 11.1 Å². The first-order valence-corrected chi connectivity index (χ1v) is 11.3. The summed E-state index contributed by atoms with van der Waals surface area (Å²) in [4.78, 5) is 15.8. The summed E-state index contributed by atoms with van der Waals surface area (Å²) >= 11 is 5.88. The minimum absolute atomic E-state index is 0.0498. The summed E-state index contributed by atoms with van der Waals surface area (Å²) in [5, 5.41) is 25.2. The number of halogens is 1. The lowest BCUT2D eigenvalue weighted by Crippen LogP contribution is -2.45. The van der Waals surface area contributed by atoms with Crippen molar-refractivity contribution in [2.75, 3.05) is 11.2 Å². The van der Waals surface area contributed by atoms with Crippen LogP contribution in [0.4, 0.5) is 5.69 Å². The number of aliphatic carboxylic acids is 1. The second kappa shape index (κ2) is 10.5. The standard InChI is InChI=1S/C26H28ClN3O3/c1-4-21(18-8-10-20(11-9-18)30-26(3,16-27)25(31)32)23-7-5-6-22(24(23)15-29-33)19-12-13-28-17(2)14-19/h5-15,21,30,33H,4,16H2,1-3H3,(H,31,32)/b29-15+/t21-,26?/m1/s1. The predicted molar refractivity (Wildman–Crippen MR) is 133 cm³/mol. The summed E-state index contributed by atoms with van der Waals surface area (Å²) < 4.78 is 0. The number of carboxylic acids is 1. The van der Waals surface area contributed by atoms with Crippen LogP contribution in [-0.2, 0) is 4.79 Å². The maximum atomic E-state index is 11.5. The Hall–Kier alpha value is -3.38. The molecule has 1 aromatic heterocycles. The van der Waals surface area contributed by atoms with E-state index in [1.165, 1.54) is 6.21 Å². The number of hydrogen-bond acceptors (Lipinski definition) is 5. The van der Waals surface area contributed by atoms with E-state index in [2.05, 4.69) is 22.4 Å². The third-order valence-electron chi connectivity index (χ3n) is 5.79. The van der Waals surface area contributed by atoms with Gasteiger partial charge in [-0.15, -0.1) is 11.6 Å². The summed E-state index contributed by atoms with van der Waals surface area (Å²) in [6, 6.07) is 17.7. The van der Waals surface area contributed by atoms with E-state index in [0.717, 1.165) is 39.9 Å². The average molecular weight is 466 g/mol. The first-order chi connectivity index (χ1) is 15.8. The van der Waals surface area contributed by atoms with Crippen molar-refractivity contribution in [1.29, 1.82) is 0 Å². The van der Waals surface area contributed by atoms with Crippen molar-refractivity contribution < 1.29 is 15.1 Å². The molecule has 3 rings (SSSR count). The number of nitrogens with one attached hydrogen (secondary N) is 1. The van der Waals surface area contributed by atoms with Crippen LogP contribution in [-0.4, -0.2) is 38.9 Å². The second-order valence-electron chi connectivity index (χ2n) is 8.22. The molecule has 0 saturated carbocycles. The Morgan fingerprint density at radius 2 is 1.97 bits per heavy atom. The number of rotatable bonds is 9. The Kier molecular flexibility index (Phi) is 7.71. The fraction of sp³-hybridized carbons (Fsp3) is 0.269. The number of carboxylic acid groups (broad SMARTS) is 1. The van der Waals surface area contributed by atoms with Gasteiger partial charge >= 0.3 is 5.97 Å². The maximum Gasteiger partial charge on any atom is 0.330 e. The minimum atomic E-state index is -1.25. The molecule has 33 heavy (non-hydrogen) atoms. The second-order valence-corrected chi connectivity index (χ2v) is 8.48. The topological polar surface area (TPSA) is 94.8 Å². The van der Waals surface area contributed by atoms with E-state index < -0.39 is 11.5 Å². The first-order valence-electron chi connectivity index (χ1n) is 10.7. The highest BCUT2D eigenvalue weighted by Gasteiger charge is 2.32. The van der Waals surface area contributed by atoms with Crippen LogP contribution in [0.3, 0.4) is 0 Å². The molecule has 172 valence electrons. The number of carbonyl (C=O) groups is 1. The zero-order valence-corrected chi connectivity index (χ0v) is 19.7. The van der Waals surface area contributed by atoms with Gasteiger partial charge in [0.15, 0.2) is 0 Å². The van der Waals surface area contributed by atoms with E-state index in [9.17, 15) is 15.1 Å². The highest BCUT2D eigenvalue weighted by molar-refractivity contribution is 6.20. The molecule has 0 spiro atoms. The average Bonchev–Trinajstić information content (AvgIpc) is 2.81.